The Bertz CT molecular complexity index is 885. The first-order chi connectivity index (χ1) is 13.0. The van der Waals surface area contributed by atoms with E-state index in [1.807, 2.05) is 30.3 Å². The van der Waals surface area contributed by atoms with E-state index in [-0.39, 0.29) is 4.90 Å². The van der Waals surface area contributed by atoms with Crippen molar-refractivity contribution < 1.29 is 18.0 Å². The number of rotatable bonds is 7. The second-order valence-corrected chi connectivity index (χ2v) is 8.42. The molecule has 142 valence electrons. The van der Waals surface area contributed by atoms with Gasteiger partial charge in [0.2, 0.25) is 15.9 Å². The Labute approximate surface area is 159 Å². The SMILES string of the molecule is O=CC(Cc1ccccc1)NC(=O)[C@H]1CCCN1S(=O)(=O)c1ccccc1. The van der Waals surface area contributed by atoms with E-state index in [4.69, 9.17) is 0 Å². The lowest BCUT2D eigenvalue weighted by molar-refractivity contribution is -0.126. The Balaban J connectivity index is 1.72. The summed E-state index contributed by atoms with van der Waals surface area (Å²) in [5.74, 6) is -0.431. The van der Waals surface area contributed by atoms with E-state index < -0.39 is 28.0 Å². The number of nitrogens with one attached hydrogen (secondary N) is 1. The average molecular weight is 386 g/mol. The van der Waals surface area contributed by atoms with Crippen LogP contribution >= 0.6 is 0 Å². The van der Waals surface area contributed by atoms with Gasteiger partial charge >= 0.3 is 0 Å². The van der Waals surface area contributed by atoms with Crippen molar-refractivity contribution in [2.45, 2.75) is 36.2 Å². The smallest absolute Gasteiger partial charge is 0.243 e. The molecule has 1 aliphatic rings. The molecule has 1 fully saturated rings. The summed E-state index contributed by atoms with van der Waals surface area (Å²) in [7, 11) is -3.75. The summed E-state index contributed by atoms with van der Waals surface area (Å²) < 4.78 is 27.0. The molecule has 0 aliphatic carbocycles. The molecular weight excluding hydrogens is 364 g/mol. The highest BCUT2D eigenvalue weighted by Crippen LogP contribution is 2.26. The largest absolute Gasteiger partial charge is 0.345 e. The van der Waals surface area contributed by atoms with Crippen molar-refractivity contribution in [3.05, 3.63) is 66.2 Å². The molecule has 0 bridgehead atoms. The number of amides is 1. The molecule has 0 radical (unpaired) electrons. The van der Waals surface area contributed by atoms with Crippen LogP contribution in [0.2, 0.25) is 0 Å². The first-order valence-electron chi connectivity index (χ1n) is 8.89. The lowest BCUT2D eigenvalue weighted by Gasteiger charge is -2.24. The Morgan fingerprint density at radius 1 is 1.11 bits per heavy atom. The average Bonchev–Trinajstić information content (AvgIpc) is 3.20. The van der Waals surface area contributed by atoms with Gasteiger partial charge in [0.1, 0.15) is 12.3 Å². The quantitative estimate of drug-likeness (QED) is 0.735. The van der Waals surface area contributed by atoms with E-state index in [0.29, 0.717) is 32.1 Å². The van der Waals surface area contributed by atoms with Gasteiger partial charge in [-0.15, -0.1) is 0 Å². The number of nitrogens with zero attached hydrogens (tertiary/aromatic N) is 1. The zero-order chi connectivity index (χ0) is 19.3. The van der Waals surface area contributed by atoms with E-state index in [1.54, 1.807) is 18.2 Å². The molecule has 1 amide bonds. The van der Waals surface area contributed by atoms with Crippen LogP contribution in [0, 0.1) is 0 Å². The maximum atomic E-state index is 12.9. The third-order valence-corrected chi connectivity index (χ3v) is 6.57. The molecular formula is C20H22N2O4S. The summed E-state index contributed by atoms with van der Waals surface area (Å²) in [5.41, 5.74) is 0.926. The number of aldehydes is 1. The van der Waals surface area contributed by atoms with Crippen LogP contribution in [0.25, 0.3) is 0 Å². The van der Waals surface area contributed by atoms with Crippen LogP contribution in [-0.2, 0) is 26.0 Å². The molecule has 0 saturated carbocycles. The molecule has 0 aromatic heterocycles. The zero-order valence-electron chi connectivity index (χ0n) is 14.8. The van der Waals surface area contributed by atoms with Gasteiger partial charge in [0.15, 0.2) is 0 Å². The van der Waals surface area contributed by atoms with Crippen LogP contribution < -0.4 is 5.32 Å². The van der Waals surface area contributed by atoms with Crippen molar-refractivity contribution in [2.24, 2.45) is 0 Å². The predicted molar refractivity (Wildman–Crippen MR) is 101 cm³/mol. The second-order valence-electron chi connectivity index (χ2n) is 6.53. The number of hydrogen-bond acceptors (Lipinski definition) is 4. The molecule has 0 spiro atoms. The summed E-state index contributed by atoms with van der Waals surface area (Å²) in [5, 5.41) is 2.70. The molecule has 1 N–H and O–H groups in total. The van der Waals surface area contributed by atoms with E-state index in [2.05, 4.69) is 5.32 Å². The highest BCUT2D eigenvalue weighted by atomic mass is 32.2. The van der Waals surface area contributed by atoms with E-state index in [0.717, 1.165) is 5.56 Å². The van der Waals surface area contributed by atoms with Crippen LogP contribution in [0.3, 0.4) is 0 Å². The summed E-state index contributed by atoms with van der Waals surface area (Å²) in [6.45, 7) is 0.291. The summed E-state index contributed by atoms with van der Waals surface area (Å²) in [6, 6.07) is 16.0. The van der Waals surface area contributed by atoms with Gasteiger partial charge in [-0.05, 0) is 37.0 Å². The lowest BCUT2D eigenvalue weighted by Crippen LogP contribution is -2.49. The minimum absolute atomic E-state index is 0.168. The van der Waals surface area contributed by atoms with Gasteiger partial charge in [-0.2, -0.15) is 4.31 Å². The highest BCUT2D eigenvalue weighted by Gasteiger charge is 2.39. The van der Waals surface area contributed by atoms with Gasteiger partial charge in [0, 0.05) is 6.54 Å². The van der Waals surface area contributed by atoms with Gasteiger partial charge in [-0.25, -0.2) is 8.42 Å². The van der Waals surface area contributed by atoms with Crippen molar-refractivity contribution in [3.8, 4) is 0 Å². The van der Waals surface area contributed by atoms with Crippen molar-refractivity contribution in [1.82, 2.24) is 9.62 Å². The molecule has 27 heavy (non-hydrogen) atoms. The van der Waals surface area contributed by atoms with Crippen molar-refractivity contribution in [1.29, 1.82) is 0 Å². The molecule has 1 unspecified atom stereocenters. The van der Waals surface area contributed by atoms with Crippen LogP contribution in [0.1, 0.15) is 18.4 Å². The van der Waals surface area contributed by atoms with Crippen LogP contribution in [0.4, 0.5) is 0 Å². The molecule has 3 rings (SSSR count). The fraction of sp³-hybridized carbons (Fsp3) is 0.300. The Kier molecular flexibility index (Phi) is 6.03. The van der Waals surface area contributed by atoms with Crippen LogP contribution in [-0.4, -0.2) is 43.5 Å². The minimum Gasteiger partial charge on any atom is -0.345 e. The number of sulfonamides is 1. The molecule has 2 aromatic carbocycles. The van der Waals surface area contributed by atoms with Gasteiger partial charge in [0.25, 0.3) is 0 Å². The number of carbonyl (C=O) groups is 2. The standard InChI is InChI=1S/C20H22N2O4S/c23-15-17(14-16-8-3-1-4-9-16)21-20(24)19-12-7-13-22(19)27(25,26)18-10-5-2-6-11-18/h1-6,8-11,15,17,19H,7,12-14H2,(H,21,24)/t17?,19-/m1/s1. The van der Waals surface area contributed by atoms with Gasteiger partial charge in [-0.1, -0.05) is 48.5 Å². The first kappa shape index (κ1) is 19.3. The Morgan fingerprint density at radius 2 is 1.74 bits per heavy atom. The van der Waals surface area contributed by atoms with Crippen molar-refractivity contribution in [2.75, 3.05) is 6.54 Å². The Morgan fingerprint density at radius 3 is 2.37 bits per heavy atom. The van der Waals surface area contributed by atoms with Gasteiger partial charge < -0.3 is 10.1 Å². The van der Waals surface area contributed by atoms with Crippen molar-refractivity contribution >= 4 is 22.2 Å². The number of hydrogen-bond donors (Lipinski definition) is 1. The Hall–Kier alpha value is -2.51. The maximum Gasteiger partial charge on any atom is 0.243 e. The normalized spacial score (nSPS) is 18.7. The molecule has 6 nitrogen and oxygen atoms in total. The highest BCUT2D eigenvalue weighted by molar-refractivity contribution is 7.89. The third-order valence-electron chi connectivity index (χ3n) is 4.65. The van der Waals surface area contributed by atoms with E-state index in [1.165, 1.54) is 16.4 Å². The lowest BCUT2D eigenvalue weighted by atomic mass is 10.1. The predicted octanol–water partition coefficient (Wildman–Crippen LogP) is 1.77. The molecule has 2 atom stereocenters. The monoisotopic (exact) mass is 386 g/mol. The zero-order valence-corrected chi connectivity index (χ0v) is 15.6. The summed E-state index contributed by atoms with van der Waals surface area (Å²) >= 11 is 0. The topological polar surface area (TPSA) is 83.6 Å². The first-order valence-corrected chi connectivity index (χ1v) is 10.3. The third kappa shape index (κ3) is 4.43. The fourth-order valence-corrected chi connectivity index (χ4v) is 4.98. The molecule has 2 aromatic rings. The maximum absolute atomic E-state index is 12.9. The number of carbonyl (C=O) groups excluding carboxylic acids is 2. The summed E-state index contributed by atoms with van der Waals surface area (Å²) in [6.07, 6.45) is 2.10. The molecule has 7 heteroatoms. The van der Waals surface area contributed by atoms with Crippen molar-refractivity contribution in [3.63, 3.8) is 0 Å². The molecule has 1 saturated heterocycles. The fourth-order valence-electron chi connectivity index (χ4n) is 3.30. The van der Waals surface area contributed by atoms with E-state index in [9.17, 15) is 18.0 Å². The minimum atomic E-state index is -3.75. The van der Waals surface area contributed by atoms with Gasteiger partial charge in [0.05, 0.1) is 10.9 Å². The molecule has 1 heterocycles. The molecule has 1 aliphatic heterocycles. The van der Waals surface area contributed by atoms with Crippen LogP contribution in [0.5, 0.6) is 0 Å². The van der Waals surface area contributed by atoms with Gasteiger partial charge in [-0.3, -0.25) is 4.79 Å². The second kappa shape index (κ2) is 8.45. The van der Waals surface area contributed by atoms with Crippen LogP contribution in [0.15, 0.2) is 65.6 Å². The summed E-state index contributed by atoms with van der Waals surface area (Å²) in [4.78, 5) is 24.3. The van der Waals surface area contributed by atoms with E-state index >= 15 is 0 Å². The number of benzene rings is 2.